The third-order valence-corrected chi connectivity index (χ3v) is 6.04. The average molecular weight is 466 g/mol. The summed E-state index contributed by atoms with van der Waals surface area (Å²) >= 11 is 12.7. The van der Waals surface area contributed by atoms with E-state index in [-0.39, 0.29) is 27.5 Å². The standard InChI is InChI=1S/C22H21Cl2NO6/c23-18-15(20(27)12-4-2-1-3-5-12)8-9-17(19(18)24)31-14-7-6-13(10-14)21(28)25-16(11-26)22(29)30/h1-5,8-9,13-14,16,26H,6-7,10-11H2,(H,25,28)(H,29,30)/t13-,14-,16-/m0/s1. The summed E-state index contributed by atoms with van der Waals surface area (Å²) in [5.41, 5.74) is 0.749. The molecule has 9 heteroatoms. The van der Waals surface area contributed by atoms with Crippen molar-refractivity contribution in [1.29, 1.82) is 0 Å². The van der Waals surface area contributed by atoms with Gasteiger partial charge < -0.3 is 20.3 Å². The maximum Gasteiger partial charge on any atom is 0.328 e. The van der Waals surface area contributed by atoms with E-state index in [1.54, 1.807) is 36.4 Å². The molecule has 1 aliphatic carbocycles. The van der Waals surface area contributed by atoms with Crippen LogP contribution in [0.5, 0.6) is 5.75 Å². The summed E-state index contributed by atoms with van der Waals surface area (Å²) in [4.78, 5) is 35.9. The third-order valence-electron chi connectivity index (χ3n) is 5.17. The Bertz CT molecular complexity index is 981. The summed E-state index contributed by atoms with van der Waals surface area (Å²) in [6.45, 7) is -0.685. The Balaban J connectivity index is 1.66. The largest absolute Gasteiger partial charge is 0.489 e. The number of hydrogen-bond acceptors (Lipinski definition) is 5. The van der Waals surface area contributed by atoms with Gasteiger partial charge in [-0.15, -0.1) is 0 Å². The highest BCUT2D eigenvalue weighted by Gasteiger charge is 2.33. The molecule has 1 amide bonds. The molecule has 0 spiro atoms. The first-order valence-electron chi connectivity index (χ1n) is 9.70. The first-order valence-corrected chi connectivity index (χ1v) is 10.5. The highest BCUT2D eigenvalue weighted by atomic mass is 35.5. The van der Waals surface area contributed by atoms with Crippen LogP contribution in [0.4, 0.5) is 0 Å². The first kappa shape index (κ1) is 23.1. The van der Waals surface area contributed by atoms with Gasteiger partial charge in [0, 0.05) is 17.0 Å². The summed E-state index contributed by atoms with van der Waals surface area (Å²) in [6, 6.07) is 10.5. The predicted octanol–water partition coefficient (Wildman–Crippen LogP) is 3.33. The van der Waals surface area contributed by atoms with Gasteiger partial charge in [0.05, 0.1) is 17.7 Å². The fourth-order valence-corrected chi connectivity index (χ4v) is 3.93. The van der Waals surface area contributed by atoms with E-state index in [1.165, 1.54) is 0 Å². The number of halogens is 2. The monoisotopic (exact) mass is 465 g/mol. The first-order chi connectivity index (χ1) is 14.8. The van der Waals surface area contributed by atoms with Crippen LogP contribution in [0.25, 0.3) is 0 Å². The number of rotatable bonds is 8. The molecule has 1 saturated carbocycles. The molecule has 0 aromatic heterocycles. The van der Waals surface area contributed by atoms with Crippen molar-refractivity contribution in [3.63, 3.8) is 0 Å². The van der Waals surface area contributed by atoms with Crippen molar-refractivity contribution in [2.75, 3.05) is 6.61 Å². The molecule has 3 atom stereocenters. The van der Waals surface area contributed by atoms with Crippen LogP contribution >= 0.6 is 23.2 Å². The molecule has 0 heterocycles. The van der Waals surface area contributed by atoms with Crippen LogP contribution in [-0.2, 0) is 9.59 Å². The lowest BCUT2D eigenvalue weighted by Gasteiger charge is -2.18. The molecule has 164 valence electrons. The maximum absolute atomic E-state index is 12.7. The number of carbonyl (C=O) groups is 3. The van der Waals surface area contributed by atoms with Crippen LogP contribution in [0.15, 0.2) is 42.5 Å². The normalized spacial score (nSPS) is 18.9. The summed E-state index contributed by atoms with van der Waals surface area (Å²) in [5, 5.41) is 20.5. The number of carbonyl (C=O) groups excluding carboxylic acids is 2. The van der Waals surface area contributed by atoms with Gasteiger partial charge in [-0.05, 0) is 31.4 Å². The second kappa shape index (κ2) is 10.1. The van der Waals surface area contributed by atoms with E-state index in [4.69, 9.17) is 38.2 Å². The van der Waals surface area contributed by atoms with Crippen LogP contribution < -0.4 is 10.1 Å². The minimum atomic E-state index is -1.34. The SMILES string of the molecule is O=C(c1ccccc1)c1ccc(O[C@H]2CC[C@H](C(=O)N[C@@H](CO)C(=O)O)C2)c(Cl)c1Cl. The Kier molecular flexibility index (Phi) is 7.54. The average Bonchev–Trinajstić information content (AvgIpc) is 3.24. The molecular formula is C22H21Cl2NO6. The number of ketones is 1. The summed E-state index contributed by atoms with van der Waals surface area (Å²) in [6.07, 6.45) is 1.11. The fourth-order valence-electron chi connectivity index (χ4n) is 3.48. The van der Waals surface area contributed by atoms with Crippen molar-refractivity contribution < 1.29 is 29.3 Å². The van der Waals surface area contributed by atoms with Crippen LogP contribution in [0.3, 0.4) is 0 Å². The molecule has 0 unspecified atom stereocenters. The number of hydrogen-bond donors (Lipinski definition) is 3. The molecule has 31 heavy (non-hydrogen) atoms. The van der Waals surface area contributed by atoms with E-state index in [0.717, 1.165) is 0 Å². The van der Waals surface area contributed by atoms with E-state index in [0.29, 0.717) is 30.6 Å². The highest BCUT2D eigenvalue weighted by molar-refractivity contribution is 6.45. The highest BCUT2D eigenvalue weighted by Crippen LogP contribution is 2.38. The van der Waals surface area contributed by atoms with Crippen molar-refractivity contribution in [1.82, 2.24) is 5.32 Å². The molecule has 2 aromatic rings. The van der Waals surface area contributed by atoms with Crippen molar-refractivity contribution >= 4 is 40.9 Å². The maximum atomic E-state index is 12.7. The van der Waals surface area contributed by atoms with Gasteiger partial charge >= 0.3 is 5.97 Å². The number of aliphatic carboxylic acids is 1. The number of carboxylic acid groups (broad SMARTS) is 1. The molecule has 0 saturated heterocycles. The summed E-state index contributed by atoms with van der Waals surface area (Å²) in [5.74, 6) is -2.13. The van der Waals surface area contributed by atoms with Crippen molar-refractivity contribution in [3.8, 4) is 5.75 Å². The van der Waals surface area contributed by atoms with Gasteiger partial charge in [-0.2, -0.15) is 0 Å². The van der Waals surface area contributed by atoms with E-state index >= 15 is 0 Å². The van der Waals surface area contributed by atoms with Gasteiger partial charge in [0.15, 0.2) is 5.78 Å². The van der Waals surface area contributed by atoms with Gasteiger partial charge in [-0.1, -0.05) is 53.5 Å². The van der Waals surface area contributed by atoms with Crippen LogP contribution in [0, 0.1) is 5.92 Å². The molecular weight excluding hydrogens is 445 g/mol. The number of nitrogens with one attached hydrogen (secondary N) is 1. The van der Waals surface area contributed by atoms with E-state index < -0.39 is 30.4 Å². The van der Waals surface area contributed by atoms with E-state index in [9.17, 15) is 14.4 Å². The molecule has 0 aliphatic heterocycles. The molecule has 3 N–H and O–H groups in total. The number of carboxylic acids is 1. The predicted molar refractivity (Wildman–Crippen MR) is 115 cm³/mol. The van der Waals surface area contributed by atoms with Crippen molar-refractivity contribution in [2.45, 2.75) is 31.4 Å². The minimum absolute atomic E-state index is 0.0903. The Morgan fingerprint density at radius 3 is 2.42 bits per heavy atom. The molecule has 2 aromatic carbocycles. The van der Waals surface area contributed by atoms with Gasteiger partial charge in [-0.3, -0.25) is 9.59 Å². The second-order valence-electron chi connectivity index (χ2n) is 7.27. The third kappa shape index (κ3) is 5.36. The Hall–Kier alpha value is -2.61. The van der Waals surface area contributed by atoms with Gasteiger partial charge in [0.1, 0.15) is 16.8 Å². The Morgan fingerprint density at radius 1 is 1.06 bits per heavy atom. The van der Waals surface area contributed by atoms with E-state index in [2.05, 4.69) is 5.32 Å². The zero-order chi connectivity index (χ0) is 22.5. The molecule has 0 radical (unpaired) electrons. The number of benzene rings is 2. The molecule has 1 fully saturated rings. The quantitative estimate of drug-likeness (QED) is 0.515. The molecule has 7 nitrogen and oxygen atoms in total. The molecule has 1 aliphatic rings. The van der Waals surface area contributed by atoms with Crippen LogP contribution in [-0.4, -0.2) is 46.6 Å². The van der Waals surface area contributed by atoms with Crippen LogP contribution in [0.2, 0.25) is 10.0 Å². The summed E-state index contributed by atoms with van der Waals surface area (Å²) < 4.78 is 5.91. The second-order valence-corrected chi connectivity index (χ2v) is 8.02. The zero-order valence-electron chi connectivity index (χ0n) is 16.4. The lowest BCUT2D eigenvalue weighted by Crippen LogP contribution is -2.45. The molecule has 0 bridgehead atoms. The van der Waals surface area contributed by atoms with Gasteiger partial charge in [0.25, 0.3) is 0 Å². The number of aliphatic hydroxyl groups is 1. The van der Waals surface area contributed by atoms with Crippen LogP contribution in [0.1, 0.15) is 35.2 Å². The van der Waals surface area contributed by atoms with Gasteiger partial charge in [0.2, 0.25) is 5.91 Å². The fraction of sp³-hybridized carbons (Fsp3) is 0.318. The Labute approximate surface area is 188 Å². The smallest absolute Gasteiger partial charge is 0.328 e. The number of amides is 1. The summed E-state index contributed by atoms with van der Waals surface area (Å²) in [7, 11) is 0. The minimum Gasteiger partial charge on any atom is -0.489 e. The van der Waals surface area contributed by atoms with Gasteiger partial charge in [-0.25, -0.2) is 4.79 Å². The van der Waals surface area contributed by atoms with E-state index in [1.807, 2.05) is 6.07 Å². The Morgan fingerprint density at radius 2 is 1.77 bits per heavy atom. The lowest BCUT2D eigenvalue weighted by atomic mass is 10.0. The number of ether oxygens (including phenoxy) is 1. The van der Waals surface area contributed by atoms with Crippen molar-refractivity contribution in [3.05, 3.63) is 63.6 Å². The lowest BCUT2D eigenvalue weighted by molar-refractivity contribution is -0.143. The molecule has 3 rings (SSSR count). The zero-order valence-corrected chi connectivity index (χ0v) is 17.9. The van der Waals surface area contributed by atoms with Crippen molar-refractivity contribution in [2.24, 2.45) is 5.92 Å². The topological polar surface area (TPSA) is 113 Å². The number of aliphatic hydroxyl groups excluding tert-OH is 1.